The van der Waals surface area contributed by atoms with Gasteiger partial charge < -0.3 is 0 Å². The number of rotatable bonds is 7. The summed E-state index contributed by atoms with van der Waals surface area (Å²) in [6, 6.07) is 15.4. The van der Waals surface area contributed by atoms with Crippen molar-refractivity contribution in [2.45, 2.75) is 17.9 Å². The van der Waals surface area contributed by atoms with E-state index in [1.165, 1.54) is 24.0 Å². The van der Waals surface area contributed by atoms with E-state index in [-0.39, 0.29) is 5.82 Å². The number of hydrogen-bond acceptors (Lipinski definition) is 4. The highest BCUT2D eigenvalue weighted by atomic mass is 32.2. The largest absolute Gasteiger partial charge is 0.299 e. The highest BCUT2D eigenvalue weighted by molar-refractivity contribution is 7.99. The average Bonchev–Trinajstić information content (AvgIpc) is 3.17. The quantitative estimate of drug-likeness (QED) is 0.595. The second kappa shape index (κ2) is 8.27. The molecule has 0 radical (unpaired) electrons. The van der Waals surface area contributed by atoms with Crippen LogP contribution in [0.5, 0.6) is 0 Å². The Bertz CT molecular complexity index is 772. The van der Waals surface area contributed by atoms with Crippen molar-refractivity contribution in [3.8, 4) is 5.69 Å². The molecule has 1 unspecified atom stereocenters. The zero-order chi connectivity index (χ0) is 17.6. The lowest BCUT2D eigenvalue weighted by molar-refractivity contribution is 0.278. The van der Waals surface area contributed by atoms with E-state index in [0.717, 1.165) is 22.9 Å². The molecule has 1 atom stereocenters. The first-order chi connectivity index (χ1) is 12.1. The summed E-state index contributed by atoms with van der Waals surface area (Å²) in [5.41, 5.74) is 2.26. The maximum absolute atomic E-state index is 12.9. The molecule has 6 heteroatoms. The van der Waals surface area contributed by atoms with Gasteiger partial charge in [-0.25, -0.2) is 14.1 Å². The van der Waals surface area contributed by atoms with Crippen LogP contribution in [0.15, 0.2) is 66.1 Å². The van der Waals surface area contributed by atoms with E-state index in [1.807, 2.05) is 12.1 Å². The molecule has 3 aromatic rings. The van der Waals surface area contributed by atoms with Crippen molar-refractivity contribution in [3.05, 3.63) is 72.6 Å². The predicted molar refractivity (Wildman–Crippen MR) is 99.5 cm³/mol. The summed E-state index contributed by atoms with van der Waals surface area (Å²) >= 11 is 1.74. The van der Waals surface area contributed by atoms with Gasteiger partial charge in [-0.2, -0.15) is 5.10 Å². The van der Waals surface area contributed by atoms with Gasteiger partial charge in [0.1, 0.15) is 18.5 Å². The number of halogens is 1. The van der Waals surface area contributed by atoms with E-state index < -0.39 is 0 Å². The van der Waals surface area contributed by atoms with Gasteiger partial charge in [0.2, 0.25) is 0 Å². The molecule has 1 heterocycles. The molecule has 0 saturated carbocycles. The lowest BCUT2D eigenvalue weighted by Crippen LogP contribution is -2.24. The van der Waals surface area contributed by atoms with E-state index in [2.05, 4.69) is 53.2 Å². The van der Waals surface area contributed by atoms with Gasteiger partial charge in [-0.15, -0.1) is 11.8 Å². The smallest absolute Gasteiger partial charge is 0.138 e. The molecule has 0 spiro atoms. The van der Waals surface area contributed by atoms with Crippen molar-refractivity contribution in [2.24, 2.45) is 0 Å². The summed E-state index contributed by atoms with van der Waals surface area (Å²) in [7, 11) is 2.13. The minimum Gasteiger partial charge on any atom is -0.299 e. The summed E-state index contributed by atoms with van der Waals surface area (Å²) < 4.78 is 14.7. The fourth-order valence-corrected chi connectivity index (χ4v) is 3.48. The van der Waals surface area contributed by atoms with Gasteiger partial charge in [-0.05, 0) is 55.9 Å². The number of aromatic nitrogens is 3. The number of hydrogen-bond donors (Lipinski definition) is 0. The summed E-state index contributed by atoms with van der Waals surface area (Å²) in [5.74, 6) is 0.771. The van der Waals surface area contributed by atoms with E-state index in [4.69, 9.17) is 0 Å². The van der Waals surface area contributed by atoms with Crippen molar-refractivity contribution < 1.29 is 4.39 Å². The predicted octanol–water partition coefficient (Wildman–Crippen LogP) is 4.19. The second-order valence-corrected chi connectivity index (χ2v) is 7.06. The fourth-order valence-electron chi connectivity index (χ4n) is 2.53. The Labute approximate surface area is 151 Å². The van der Waals surface area contributed by atoms with Gasteiger partial charge in [0, 0.05) is 23.2 Å². The highest BCUT2D eigenvalue weighted by Crippen LogP contribution is 2.22. The minimum absolute atomic E-state index is 0.190. The monoisotopic (exact) mass is 356 g/mol. The van der Waals surface area contributed by atoms with Gasteiger partial charge in [0.05, 0.1) is 5.69 Å². The normalized spacial score (nSPS) is 12.5. The number of thioether (sulfide) groups is 1. The molecule has 25 heavy (non-hydrogen) atoms. The first-order valence-corrected chi connectivity index (χ1v) is 9.15. The third-order valence-corrected chi connectivity index (χ3v) is 5.24. The van der Waals surface area contributed by atoms with Crippen molar-refractivity contribution >= 4 is 11.8 Å². The standard InChI is InChI=1S/C19H21FN4S/c1-15(16-3-7-18(8-4-16)24-14-21-13-22-24)23(2)11-12-25-19-9-5-17(20)6-10-19/h3-10,13-15H,11-12H2,1-2H3. The SMILES string of the molecule is CC(c1ccc(-n2cncn2)cc1)N(C)CCSc1ccc(F)cc1. The Morgan fingerprint density at radius 2 is 1.84 bits per heavy atom. The summed E-state index contributed by atoms with van der Waals surface area (Å²) in [5, 5.41) is 4.14. The minimum atomic E-state index is -0.190. The maximum atomic E-state index is 12.9. The van der Waals surface area contributed by atoms with E-state index >= 15 is 0 Å². The lowest BCUT2D eigenvalue weighted by atomic mass is 10.1. The number of nitrogens with zero attached hydrogens (tertiary/aromatic N) is 4. The molecule has 0 aliphatic heterocycles. The van der Waals surface area contributed by atoms with Crippen molar-refractivity contribution in [1.82, 2.24) is 19.7 Å². The third kappa shape index (κ3) is 4.67. The lowest BCUT2D eigenvalue weighted by Gasteiger charge is -2.25. The van der Waals surface area contributed by atoms with Gasteiger partial charge in [0.25, 0.3) is 0 Å². The Morgan fingerprint density at radius 1 is 1.12 bits per heavy atom. The molecule has 4 nitrogen and oxygen atoms in total. The summed E-state index contributed by atoms with van der Waals surface area (Å²) in [6.45, 7) is 3.15. The van der Waals surface area contributed by atoms with E-state index in [9.17, 15) is 4.39 Å². The van der Waals surface area contributed by atoms with Gasteiger partial charge in [0.15, 0.2) is 0 Å². The molecule has 0 bridgehead atoms. The van der Waals surface area contributed by atoms with Crippen molar-refractivity contribution in [2.75, 3.05) is 19.3 Å². The third-order valence-electron chi connectivity index (χ3n) is 4.25. The van der Waals surface area contributed by atoms with Crippen LogP contribution in [0.3, 0.4) is 0 Å². The molecule has 0 saturated heterocycles. The molecule has 0 aliphatic carbocycles. The molecule has 3 rings (SSSR count). The number of benzene rings is 2. The maximum Gasteiger partial charge on any atom is 0.138 e. The van der Waals surface area contributed by atoms with Crippen LogP contribution in [0, 0.1) is 5.82 Å². The van der Waals surface area contributed by atoms with Crippen LogP contribution in [-0.4, -0.2) is 39.0 Å². The zero-order valence-electron chi connectivity index (χ0n) is 14.3. The average molecular weight is 356 g/mol. The van der Waals surface area contributed by atoms with Crippen LogP contribution in [0.4, 0.5) is 4.39 Å². The Hall–Kier alpha value is -2.18. The van der Waals surface area contributed by atoms with Crippen LogP contribution in [-0.2, 0) is 0 Å². The molecule has 0 N–H and O–H groups in total. The van der Waals surface area contributed by atoms with Crippen molar-refractivity contribution in [3.63, 3.8) is 0 Å². The first-order valence-electron chi connectivity index (χ1n) is 8.17. The van der Waals surface area contributed by atoms with E-state index in [0.29, 0.717) is 6.04 Å². The van der Waals surface area contributed by atoms with Gasteiger partial charge >= 0.3 is 0 Å². The van der Waals surface area contributed by atoms with Crippen LogP contribution < -0.4 is 0 Å². The fraction of sp³-hybridized carbons (Fsp3) is 0.263. The van der Waals surface area contributed by atoms with Crippen LogP contribution in [0.2, 0.25) is 0 Å². The van der Waals surface area contributed by atoms with Gasteiger partial charge in [-0.1, -0.05) is 12.1 Å². The molecule has 0 amide bonds. The van der Waals surface area contributed by atoms with Gasteiger partial charge in [-0.3, -0.25) is 4.90 Å². The molecule has 130 valence electrons. The molecular weight excluding hydrogens is 335 g/mol. The molecule has 0 fully saturated rings. The first kappa shape index (κ1) is 17.6. The molecule has 2 aromatic carbocycles. The van der Waals surface area contributed by atoms with Crippen LogP contribution in [0.25, 0.3) is 5.69 Å². The zero-order valence-corrected chi connectivity index (χ0v) is 15.2. The van der Waals surface area contributed by atoms with Crippen LogP contribution in [0.1, 0.15) is 18.5 Å². The second-order valence-electron chi connectivity index (χ2n) is 5.89. The summed E-state index contributed by atoms with van der Waals surface area (Å²) in [4.78, 5) is 7.39. The molecule has 1 aromatic heterocycles. The topological polar surface area (TPSA) is 34.0 Å². The highest BCUT2D eigenvalue weighted by Gasteiger charge is 2.11. The Morgan fingerprint density at radius 3 is 2.48 bits per heavy atom. The molecular formula is C19H21FN4S. The Kier molecular flexibility index (Phi) is 5.83. The Balaban J connectivity index is 1.53. The summed E-state index contributed by atoms with van der Waals surface area (Å²) in [6.07, 6.45) is 3.22. The van der Waals surface area contributed by atoms with Crippen molar-refractivity contribution in [1.29, 1.82) is 0 Å². The molecule has 0 aliphatic rings. The van der Waals surface area contributed by atoms with E-state index in [1.54, 1.807) is 22.8 Å². The van der Waals surface area contributed by atoms with Crippen LogP contribution >= 0.6 is 11.8 Å².